The van der Waals surface area contributed by atoms with E-state index in [1.54, 1.807) is 11.3 Å². The summed E-state index contributed by atoms with van der Waals surface area (Å²) in [6.07, 6.45) is 5.30. The topological polar surface area (TPSA) is 63.6 Å². The number of fused-ring (bicyclic) bond motifs is 1. The zero-order chi connectivity index (χ0) is 13.4. The van der Waals surface area contributed by atoms with Crippen LogP contribution in [0.4, 0.5) is 0 Å². The van der Waals surface area contributed by atoms with Crippen molar-refractivity contribution in [2.75, 3.05) is 13.1 Å². The highest BCUT2D eigenvalue weighted by Gasteiger charge is 2.31. The van der Waals surface area contributed by atoms with E-state index < -0.39 is 0 Å². The van der Waals surface area contributed by atoms with Crippen molar-refractivity contribution < 1.29 is 4.79 Å². The Labute approximate surface area is 128 Å². The van der Waals surface area contributed by atoms with Crippen molar-refractivity contribution in [1.29, 1.82) is 0 Å². The second-order valence-corrected chi connectivity index (χ2v) is 6.11. The van der Waals surface area contributed by atoms with Gasteiger partial charge in [-0.15, -0.1) is 23.7 Å². The quantitative estimate of drug-likeness (QED) is 0.935. The fourth-order valence-electron chi connectivity index (χ4n) is 2.78. The van der Waals surface area contributed by atoms with Crippen molar-refractivity contribution in [1.82, 2.24) is 14.3 Å². The van der Waals surface area contributed by atoms with Gasteiger partial charge in [0.05, 0.1) is 12.1 Å². The summed E-state index contributed by atoms with van der Waals surface area (Å²) in [7, 11) is 0. The minimum atomic E-state index is 0. The molecular weight excluding hydrogens is 296 g/mol. The second-order valence-electron chi connectivity index (χ2n) is 5.23. The standard InChI is InChI=1S/C13H18N4OS.ClH/c1-9-4-10(6-14)7-17(9)12(18)5-11-8-16-2-3-19-13(16)15-11;/h2-3,8-10H,4-7,14H2,1H3;1H. The van der Waals surface area contributed by atoms with Crippen LogP contribution < -0.4 is 5.73 Å². The maximum absolute atomic E-state index is 12.3. The molecule has 1 aliphatic rings. The summed E-state index contributed by atoms with van der Waals surface area (Å²) in [5, 5.41) is 1.99. The van der Waals surface area contributed by atoms with E-state index in [-0.39, 0.29) is 18.3 Å². The molecule has 0 spiro atoms. The van der Waals surface area contributed by atoms with E-state index in [0.29, 0.717) is 24.9 Å². The van der Waals surface area contributed by atoms with Gasteiger partial charge in [-0.05, 0) is 25.8 Å². The number of imidazole rings is 1. The molecule has 0 aliphatic carbocycles. The van der Waals surface area contributed by atoms with Crippen molar-refractivity contribution in [3.05, 3.63) is 23.5 Å². The number of thiazole rings is 1. The Morgan fingerprint density at radius 3 is 3.05 bits per heavy atom. The summed E-state index contributed by atoms with van der Waals surface area (Å²) in [5.41, 5.74) is 6.54. The number of halogens is 1. The van der Waals surface area contributed by atoms with Gasteiger partial charge in [0.25, 0.3) is 0 Å². The number of carbonyl (C=O) groups excluding carboxylic acids is 1. The third-order valence-electron chi connectivity index (χ3n) is 3.79. The van der Waals surface area contributed by atoms with Crippen LogP contribution in [0.1, 0.15) is 19.0 Å². The average Bonchev–Trinajstić information content (AvgIpc) is 3.02. The molecule has 2 N–H and O–H groups in total. The molecular formula is C13H19ClN4OS. The number of carbonyl (C=O) groups is 1. The van der Waals surface area contributed by atoms with Crippen molar-refractivity contribution in [3.8, 4) is 0 Å². The van der Waals surface area contributed by atoms with Crippen LogP contribution >= 0.6 is 23.7 Å². The largest absolute Gasteiger partial charge is 0.339 e. The summed E-state index contributed by atoms with van der Waals surface area (Å²) in [4.78, 5) is 19.7. The molecule has 1 aliphatic heterocycles. The van der Waals surface area contributed by atoms with Gasteiger partial charge in [-0.3, -0.25) is 9.20 Å². The molecule has 1 saturated heterocycles. The number of nitrogens with two attached hydrogens (primary N) is 1. The molecule has 0 saturated carbocycles. The van der Waals surface area contributed by atoms with Gasteiger partial charge in [0, 0.05) is 30.4 Å². The zero-order valence-corrected chi connectivity index (χ0v) is 13.0. The molecule has 1 fully saturated rings. The molecule has 20 heavy (non-hydrogen) atoms. The summed E-state index contributed by atoms with van der Waals surface area (Å²) in [6, 6.07) is 0.296. The number of amides is 1. The van der Waals surface area contributed by atoms with Crippen LogP contribution in [0.15, 0.2) is 17.8 Å². The molecule has 2 atom stereocenters. The first-order valence-corrected chi connectivity index (χ1v) is 7.46. The maximum atomic E-state index is 12.3. The van der Waals surface area contributed by atoms with Crippen LogP contribution in [0.5, 0.6) is 0 Å². The minimum Gasteiger partial charge on any atom is -0.339 e. The normalized spacial score (nSPS) is 22.2. The lowest BCUT2D eigenvalue weighted by molar-refractivity contribution is -0.131. The summed E-state index contributed by atoms with van der Waals surface area (Å²) >= 11 is 1.58. The Bertz CT molecular complexity index is 567. The van der Waals surface area contributed by atoms with Crippen LogP contribution in [0.2, 0.25) is 0 Å². The van der Waals surface area contributed by atoms with E-state index in [9.17, 15) is 4.79 Å². The highest BCUT2D eigenvalue weighted by molar-refractivity contribution is 7.15. The lowest BCUT2D eigenvalue weighted by Crippen LogP contribution is -2.35. The third-order valence-corrected chi connectivity index (χ3v) is 4.56. The molecule has 3 heterocycles. The zero-order valence-electron chi connectivity index (χ0n) is 11.4. The van der Waals surface area contributed by atoms with Crippen molar-refractivity contribution in [2.45, 2.75) is 25.8 Å². The van der Waals surface area contributed by atoms with Gasteiger partial charge < -0.3 is 10.6 Å². The Balaban J connectivity index is 0.00000147. The van der Waals surface area contributed by atoms with E-state index in [1.807, 2.05) is 27.1 Å². The van der Waals surface area contributed by atoms with Gasteiger partial charge in [0.1, 0.15) is 0 Å². The molecule has 0 radical (unpaired) electrons. The Hall–Kier alpha value is -1.11. The van der Waals surface area contributed by atoms with E-state index in [4.69, 9.17) is 5.73 Å². The first-order chi connectivity index (χ1) is 9.17. The molecule has 2 unspecified atom stereocenters. The highest BCUT2D eigenvalue weighted by atomic mass is 35.5. The predicted molar refractivity (Wildman–Crippen MR) is 82.4 cm³/mol. The lowest BCUT2D eigenvalue weighted by Gasteiger charge is -2.21. The number of rotatable bonds is 3. The first-order valence-electron chi connectivity index (χ1n) is 6.58. The second kappa shape index (κ2) is 6.11. The molecule has 1 amide bonds. The monoisotopic (exact) mass is 314 g/mol. The molecule has 2 aromatic rings. The predicted octanol–water partition coefficient (Wildman–Crippen LogP) is 1.56. The third kappa shape index (κ3) is 2.82. The number of nitrogens with zero attached hydrogens (tertiary/aromatic N) is 3. The summed E-state index contributed by atoms with van der Waals surface area (Å²) < 4.78 is 1.96. The molecule has 110 valence electrons. The van der Waals surface area contributed by atoms with Gasteiger partial charge in [0.2, 0.25) is 5.91 Å². The van der Waals surface area contributed by atoms with E-state index in [0.717, 1.165) is 23.6 Å². The van der Waals surface area contributed by atoms with Crippen LogP contribution in [0, 0.1) is 5.92 Å². The van der Waals surface area contributed by atoms with E-state index in [2.05, 4.69) is 11.9 Å². The number of hydrogen-bond donors (Lipinski definition) is 1. The number of aromatic nitrogens is 2. The van der Waals surface area contributed by atoms with E-state index in [1.165, 1.54) is 0 Å². The fourth-order valence-corrected chi connectivity index (χ4v) is 3.50. The minimum absolute atomic E-state index is 0. The van der Waals surface area contributed by atoms with Crippen molar-refractivity contribution in [2.24, 2.45) is 11.7 Å². The van der Waals surface area contributed by atoms with Gasteiger partial charge in [-0.25, -0.2) is 4.98 Å². The fraction of sp³-hybridized carbons (Fsp3) is 0.538. The molecule has 0 aromatic carbocycles. The van der Waals surface area contributed by atoms with Crippen LogP contribution in [-0.2, 0) is 11.2 Å². The van der Waals surface area contributed by atoms with E-state index >= 15 is 0 Å². The van der Waals surface area contributed by atoms with Gasteiger partial charge in [-0.2, -0.15) is 0 Å². The lowest BCUT2D eigenvalue weighted by atomic mass is 10.1. The summed E-state index contributed by atoms with van der Waals surface area (Å²) in [5.74, 6) is 0.610. The molecule has 7 heteroatoms. The first kappa shape index (κ1) is 15.3. The Kier molecular flexibility index (Phi) is 4.67. The van der Waals surface area contributed by atoms with Gasteiger partial charge >= 0.3 is 0 Å². The Morgan fingerprint density at radius 1 is 1.60 bits per heavy atom. The summed E-state index contributed by atoms with van der Waals surface area (Å²) in [6.45, 7) is 3.55. The molecule has 5 nitrogen and oxygen atoms in total. The van der Waals surface area contributed by atoms with Crippen LogP contribution in [0.25, 0.3) is 4.96 Å². The van der Waals surface area contributed by atoms with Gasteiger partial charge in [0.15, 0.2) is 4.96 Å². The van der Waals surface area contributed by atoms with Crippen molar-refractivity contribution in [3.63, 3.8) is 0 Å². The molecule has 0 bridgehead atoms. The highest BCUT2D eigenvalue weighted by Crippen LogP contribution is 2.23. The molecule has 3 rings (SSSR count). The molecule has 2 aromatic heterocycles. The van der Waals surface area contributed by atoms with Crippen LogP contribution in [0.3, 0.4) is 0 Å². The number of hydrogen-bond acceptors (Lipinski definition) is 4. The SMILES string of the molecule is CC1CC(CN)CN1C(=O)Cc1cn2ccsc2n1.Cl. The maximum Gasteiger partial charge on any atom is 0.228 e. The number of likely N-dealkylation sites (tertiary alicyclic amines) is 1. The average molecular weight is 315 g/mol. The smallest absolute Gasteiger partial charge is 0.228 e. The van der Waals surface area contributed by atoms with Crippen LogP contribution in [-0.4, -0.2) is 39.3 Å². The Morgan fingerprint density at radius 2 is 2.40 bits per heavy atom. The van der Waals surface area contributed by atoms with Gasteiger partial charge in [-0.1, -0.05) is 0 Å². The van der Waals surface area contributed by atoms with Crippen molar-refractivity contribution >= 4 is 34.6 Å².